The Bertz CT molecular complexity index is 429. The third-order valence-electron chi connectivity index (χ3n) is 1.96. The molecule has 1 aromatic carbocycles. The van der Waals surface area contributed by atoms with Gasteiger partial charge in [0.25, 0.3) is 5.91 Å². The summed E-state index contributed by atoms with van der Waals surface area (Å²) in [5.74, 6) is 0.157. The molecule has 1 aliphatic rings. The van der Waals surface area contributed by atoms with Crippen molar-refractivity contribution in [1.29, 1.82) is 0 Å². The first-order valence-corrected chi connectivity index (χ1v) is 4.50. The predicted molar refractivity (Wildman–Crippen MR) is 54.9 cm³/mol. The molecule has 0 unspecified atom stereocenters. The number of carbonyl (C=O) groups excluding carboxylic acids is 2. The Morgan fingerprint density at radius 1 is 1.53 bits per heavy atom. The van der Waals surface area contributed by atoms with Crippen LogP contribution in [0.25, 0.3) is 0 Å². The Morgan fingerprint density at radius 2 is 2.33 bits per heavy atom. The molecule has 5 nitrogen and oxygen atoms in total. The third kappa shape index (κ3) is 1.90. The fourth-order valence-electron chi connectivity index (χ4n) is 1.39. The molecule has 0 saturated carbocycles. The first-order chi connectivity index (χ1) is 7.16. The van der Waals surface area contributed by atoms with Gasteiger partial charge in [0.15, 0.2) is 6.61 Å². The summed E-state index contributed by atoms with van der Waals surface area (Å²) in [5.41, 5.74) is 1.07. The number of ether oxygens (including phenoxy) is 1. The second-order valence-electron chi connectivity index (χ2n) is 3.20. The molecule has 78 valence electrons. The van der Waals surface area contributed by atoms with Crippen LogP contribution in [0.2, 0.25) is 0 Å². The molecule has 1 heterocycles. The SMILES string of the molecule is CC(=O)Nc1cccc2c1NC(=O)CO2. The number of hydrogen-bond acceptors (Lipinski definition) is 3. The van der Waals surface area contributed by atoms with Crippen molar-refractivity contribution in [2.45, 2.75) is 6.92 Å². The van der Waals surface area contributed by atoms with Crippen LogP contribution in [-0.4, -0.2) is 18.4 Å². The second kappa shape index (κ2) is 3.61. The number of hydrogen-bond donors (Lipinski definition) is 2. The van der Waals surface area contributed by atoms with Gasteiger partial charge in [-0.25, -0.2) is 0 Å². The van der Waals surface area contributed by atoms with Crippen LogP contribution in [0.15, 0.2) is 18.2 Å². The van der Waals surface area contributed by atoms with E-state index in [0.717, 1.165) is 0 Å². The second-order valence-corrected chi connectivity index (χ2v) is 3.20. The van der Waals surface area contributed by atoms with E-state index in [1.54, 1.807) is 18.2 Å². The zero-order valence-electron chi connectivity index (χ0n) is 8.16. The van der Waals surface area contributed by atoms with Crippen LogP contribution in [-0.2, 0) is 9.59 Å². The molecular weight excluding hydrogens is 196 g/mol. The summed E-state index contributed by atoms with van der Waals surface area (Å²) in [6.07, 6.45) is 0. The average molecular weight is 206 g/mol. The van der Waals surface area contributed by atoms with Crippen molar-refractivity contribution < 1.29 is 14.3 Å². The lowest BCUT2D eigenvalue weighted by molar-refractivity contribution is -0.118. The topological polar surface area (TPSA) is 67.4 Å². The molecule has 0 spiro atoms. The molecule has 1 aliphatic heterocycles. The number of amides is 2. The van der Waals surface area contributed by atoms with E-state index in [2.05, 4.69) is 10.6 Å². The molecule has 1 aromatic rings. The van der Waals surface area contributed by atoms with Gasteiger partial charge in [-0.05, 0) is 12.1 Å². The Labute approximate surface area is 86.4 Å². The van der Waals surface area contributed by atoms with Crippen LogP contribution in [0.5, 0.6) is 5.75 Å². The van der Waals surface area contributed by atoms with Crippen LogP contribution in [0.3, 0.4) is 0 Å². The van der Waals surface area contributed by atoms with Crippen molar-refractivity contribution >= 4 is 23.2 Å². The van der Waals surface area contributed by atoms with Gasteiger partial charge >= 0.3 is 0 Å². The summed E-state index contributed by atoms with van der Waals surface area (Å²) in [6, 6.07) is 5.19. The minimum atomic E-state index is -0.222. The number of rotatable bonds is 1. The smallest absolute Gasteiger partial charge is 0.262 e. The number of anilines is 2. The highest BCUT2D eigenvalue weighted by Gasteiger charge is 2.18. The van der Waals surface area contributed by atoms with E-state index in [1.807, 2.05) is 0 Å². The van der Waals surface area contributed by atoms with Gasteiger partial charge < -0.3 is 15.4 Å². The maximum Gasteiger partial charge on any atom is 0.262 e. The van der Waals surface area contributed by atoms with Crippen LogP contribution in [0, 0.1) is 0 Å². The number of fused-ring (bicyclic) bond motifs is 1. The Hall–Kier alpha value is -2.04. The monoisotopic (exact) mass is 206 g/mol. The summed E-state index contributed by atoms with van der Waals surface area (Å²) in [5, 5.41) is 5.28. The summed E-state index contributed by atoms with van der Waals surface area (Å²) in [6.45, 7) is 1.42. The van der Waals surface area contributed by atoms with Gasteiger partial charge in [0.05, 0.1) is 5.69 Å². The molecule has 2 N–H and O–H groups in total. The largest absolute Gasteiger partial charge is 0.481 e. The molecule has 0 radical (unpaired) electrons. The van der Waals surface area contributed by atoms with Crippen LogP contribution < -0.4 is 15.4 Å². The molecule has 0 saturated heterocycles. The quantitative estimate of drug-likeness (QED) is 0.719. The van der Waals surface area contributed by atoms with E-state index in [-0.39, 0.29) is 18.4 Å². The summed E-state index contributed by atoms with van der Waals surface area (Å²) < 4.78 is 5.19. The molecule has 2 rings (SSSR count). The molecule has 0 bridgehead atoms. The maximum atomic E-state index is 11.1. The molecule has 0 atom stereocenters. The highest BCUT2D eigenvalue weighted by atomic mass is 16.5. The number of benzene rings is 1. The fourth-order valence-corrected chi connectivity index (χ4v) is 1.39. The number of carbonyl (C=O) groups is 2. The summed E-state index contributed by atoms with van der Waals surface area (Å²) in [7, 11) is 0. The van der Waals surface area contributed by atoms with Gasteiger partial charge in [0.2, 0.25) is 5.91 Å². The minimum absolute atomic E-state index is 0.0104. The normalized spacial score (nSPS) is 13.5. The Kier molecular flexibility index (Phi) is 2.29. The van der Waals surface area contributed by atoms with Gasteiger partial charge in [0.1, 0.15) is 11.4 Å². The fraction of sp³-hybridized carbons (Fsp3) is 0.200. The maximum absolute atomic E-state index is 11.1. The van der Waals surface area contributed by atoms with Gasteiger partial charge in [-0.3, -0.25) is 9.59 Å². The highest BCUT2D eigenvalue weighted by Crippen LogP contribution is 2.34. The Morgan fingerprint density at radius 3 is 3.07 bits per heavy atom. The minimum Gasteiger partial charge on any atom is -0.481 e. The lowest BCUT2D eigenvalue weighted by Crippen LogP contribution is -2.26. The van der Waals surface area contributed by atoms with Gasteiger partial charge in [-0.1, -0.05) is 6.07 Å². The van der Waals surface area contributed by atoms with Gasteiger partial charge in [0, 0.05) is 6.92 Å². The van der Waals surface area contributed by atoms with Crippen molar-refractivity contribution in [3.63, 3.8) is 0 Å². The van der Waals surface area contributed by atoms with Crippen molar-refractivity contribution in [3.05, 3.63) is 18.2 Å². The average Bonchev–Trinajstić information content (AvgIpc) is 2.18. The van der Waals surface area contributed by atoms with Crippen molar-refractivity contribution in [3.8, 4) is 5.75 Å². The molecule has 0 aliphatic carbocycles. The van der Waals surface area contributed by atoms with E-state index < -0.39 is 0 Å². The van der Waals surface area contributed by atoms with Crippen LogP contribution in [0.4, 0.5) is 11.4 Å². The van der Waals surface area contributed by atoms with Gasteiger partial charge in [-0.15, -0.1) is 0 Å². The van der Waals surface area contributed by atoms with E-state index in [9.17, 15) is 9.59 Å². The predicted octanol–water partition coefficient (Wildman–Crippen LogP) is 0.976. The van der Waals surface area contributed by atoms with Crippen molar-refractivity contribution in [2.75, 3.05) is 17.2 Å². The number of para-hydroxylation sites is 1. The first kappa shape index (κ1) is 9.51. The molecule has 5 heteroatoms. The molecule has 0 fully saturated rings. The van der Waals surface area contributed by atoms with E-state index in [0.29, 0.717) is 17.1 Å². The lowest BCUT2D eigenvalue weighted by Gasteiger charge is -2.20. The zero-order chi connectivity index (χ0) is 10.8. The van der Waals surface area contributed by atoms with E-state index >= 15 is 0 Å². The molecular formula is C10H10N2O3. The van der Waals surface area contributed by atoms with Crippen molar-refractivity contribution in [1.82, 2.24) is 0 Å². The van der Waals surface area contributed by atoms with Gasteiger partial charge in [-0.2, -0.15) is 0 Å². The van der Waals surface area contributed by atoms with E-state index in [1.165, 1.54) is 6.92 Å². The molecule has 2 amide bonds. The third-order valence-corrected chi connectivity index (χ3v) is 1.96. The highest BCUT2D eigenvalue weighted by molar-refractivity contribution is 6.02. The molecule has 15 heavy (non-hydrogen) atoms. The summed E-state index contributed by atoms with van der Waals surface area (Å²) >= 11 is 0. The van der Waals surface area contributed by atoms with Crippen LogP contribution in [0.1, 0.15) is 6.92 Å². The van der Waals surface area contributed by atoms with Crippen molar-refractivity contribution in [2.24, 2.45) is 0 Å². The zero-order valence-corrected chi connectivity index (χ0v) is 8.16. The van der Waals surface area contributed by atoms with E-state index in [4.69, 9.17) is 4.74 Å². The standard InChI is InChI=1S/C10H10N2O3/c1-6(13)11-7-3-2-4-8-10(7)12-9(14)5-15-8/h2-4H,5H2,1H3,(H,11,13)(H,12,14). The Balaban J connectivity index is 2.39. The molecule has 0 aromatic heterocycles. The number of nitrogens with one attached hydrogen (secondary N) is 2. The first-order valence-electron chi connectivity index (χ1n) is 4.50. The summed E-state index contributed by atoms with van der Waals surface area (Å²) in [4.78, 5) is 22.0. The lowest BCUT2D eigenvalue weighted by atomic mass is 10.2. The van der Waals surface area contributed by atoms with Crippen LogP contribution >= 0.6 is 0 Å².